The van der Waals surface area contributed by atoms with E-state index < -0.39 is 9.84 Å². The van der Waals surface area contributed by atoms with Crippen LogP contribution in [0.3, 0.4) is 0 Å². The third-order valence-corrected chi connectivity index (χ3v) is 4.94. The molecule has 0 aliphatic heterocycles. The number of nitrogens with zero attached hydrogens (tertiary/aromatic N) is 2. The minimum absolute atomic E-state index is 0.0557. The second kappa shape index (κ2) is 6.36. The van der Waals surface area contributed by atoms with Crippen LogP contribution in [0.15, 0.2) is 30.3 Å². The lowest BCUT2D eigenvalue weighted by Crippen LogP contribution is -2.24. The standard InChI is InChI=1S/C14H16N2O3S2/c1-16(8-9-21(2,18)19)14-15-13(12(10-17)20-14)11-6-4-3-5-7-11/h3-7,10H,8-9H2,1-2H3. The van der Waals surface area contributed by atoms with E-state index in [4.69, 9.17) is 0 Å². The highest BCUT2D eigenvalue weighted by Crippen LogP contribution is 2.31. The fraction of sp³-hybridized carbons (Fsp3) is 0.286. The van der Waals surface area contributed by atoms with Gasteiger partial charge in [-0.3, -0.25) is 4.79 Å². The van der Waals surface area contributed by atoms with Gasteiger partial charge in [0, 0.05) is 25.4 Å². The lowest BCUT2D eigenvalue weighted by molar-refractivity contribution is 0.112. The van der Waals surface area contributed by atoms with Gasteiger partial charge in [0.15, 0.2) is 11.4 Å². The molecular weight excluding hydrogens is 308 g/mol. The lowest BCUT2D eigenvalue weighted by atomic mass is 10.1. The number of carbonyl (C=O) groups excluding carboxylic acids is 1. The minimum Gasteiger partial charge on any atom is -0.350 e. The molecule has 2 rings (SSSR count). The number of aldehydes is 1. The number of thiazole rings is 1. The van der Waals surface area contributed by atoms with E-state index in [0.717, 1.165) is 11.8 Å². The molecule has 0 spiro atoms. The summed E-state index contributed by atoms with van der Waals surface area (Å²) >= 11 is 1.26. The molecule has 0 aliphatic carbocycles. The van der Waals surface area contributed by atoms with Gasteiger partial charge >= 0.3 is 0 Å². The molecule has 1 heterocycles. The van der Waals surface area contributed by atoms with E-state index in [1.807, 2.05) is 30.3 Å². The first-order valence-electron chi connectivity index (χ1n) is 6.31. The van der Waals surface area contributed by atoms with Crippen LogP contribution in [0.1, 0.15) is 9.67 Å². The number of hydrogen-bond donors (Lipinski definition) is 0. The Kier molecular flexibility index (Phi) is 4.74. The van der Waals surface area contributed by atoms with E-state index in [0.29, 0.717) is 22.2 Å². The van der Waals surface area contributed by atoms with Crippen molar-refractivity contribution in [3.05, 3.63) is 35.2 Å². The lowest BCUT2D eigenvalue weighted by Gasteiger charge is -2.14. The van der Waals surface area contributed by atoms with Gasteiger partial charge in [-0.25, -0.2) is 13.4 Å². The summed E-state index contributed by atoms with van der Waals surface area (Å²) in [4.78, 5) is 18.0. The van der Waals surface area contributed by atoms with Gasteiger partial charge in [-0.05, 0) is 0 Å². The summed E-state index contributed by atoms with van der Waals surface area (Å²) in [7, 11) is -1.25. The van der Waals surface area contributed by atoms with Crippen molar-refractivity contribution in [2.24, 2.45) is 0 Å². The number of aromatic nitrogens is 1. The molecule has 1 aromatic carbocycles. The molecule has 21 heavy (non-hydrogen) atoms. The van der Waals surface area contributed by atoms with Crippen molar-refractivity contribution in [3.8, 4) is 11.3 Å². The zero-order valence-corrected chi connectivity index (χ0v) is 13.4. The van der Waals surface area contributed by atoms with Crippen LogP contribution in [-0.2, 0) is 9.84 Å². The van der Waals surface area contributed by atoms with Crippen molar-refractivity contribution in [1.29, 1.82) is 0 Å². The van der Waals surface area contributed by atoms with Gasteiger partial charge < -0.3 is 4.90 Å². The van der Waals surface area contributed by atoms with Gasteiger partial charge in [-0.15, -0.1) is 0 Å². The smallest absolute Gasteiger partial charge is 0.186 e. The Morgan fingerprint density at radius 2 is 1.95 bits per heavy atom. The SMILES string of the molecule is CN(CCS(C)(=O)=O)c1nc(-c2ccccc2)c(C=O)s1. The molecule has 0 fully saturated rings. The predicted molar refractivity (Wildman–Crippen MR) is 85.9 cm³/mol. The van der Waals surface area contributed by atoms with Gasteiger partial charge in [-0.2, -0.15) is 0 Å². The molecule has 5 nitrogen and oxygen atoms in total. The Balaban J connectivity index is 2.27. The molecule has 0 N–H and O–H groups in total. The summed E-state index contributed by atoms with van der Waals surface area (Å²) in [5, 5.41) is 0.639. The number of rotatable bonds is 6. The van der Waals surface area contributed by atoms with Gasteiger partial charge in [0.2, 0.25) is 0 Å². The summed E-state index contributed by atoms with van der Waals surface area (Å²) in [6, 6.07) is 9.45. The van der Waals surface area contributed by atoms with Crippen molar-refractivity contribution in [1.82, 2.24) is 4.98 Å². The second-order valence-corrected chi connectivity index (χ2v) is 8.01. The first kappa shape index (κ1) is 15.7. The number of carbonyl (C=O) groups is 1. The highest BCUT2D eigenvalue weighted by atomic mass is 32.2. The normalized spacial score (nSPS) is 11.3. The first-order chi connectivity index (χ1) is 9.90. The van der Waals surface area contributed by atoms with E-state index in [1.54, 1.807) is 11.9 Å². The molecule has 0 unspecified atom stereocenters. The highest BCUT2D eigenvalue weighted by molar-refractivity contribution is 7.90. The average molecular weight is 324 g/mol. The summed E-state index contributed by atoms with van der Waals surface area (Å²) in [6.45, 7) is 0.346. The van der Waals surface area contributed by atoms with Gasteiger partial charge in [0.25, 0.3) is 0 Å². The van der Waals surface area contributed by atoms with Crippen LogP contribution in [0.4, 0.5) is 5.13 Å². The molecule has 112 valence electrons. The molecule has 7 heteroatoms. The highest BCUT2D eigenvalue weighted by Gasteiger charge is 2.16. The Bertz CT molecular complexity index is 724. The van der Waals surface area contributed by atoms with Crippen LogP contribution in [0.5, 0.6) is 0 Å². The van der Waals surface area contributed by atoms with Crippen molar-refractivity contribution in [2.45, 2.75) is 0 Å². The summed E-state index contributed by atoms with van der Waals surface area (Å²) in [6.07, 6.45) is 1.99. The zero-order valence-electron chi connectivity index (χ0n) is 11.8. The molecule has 0 bridgehead atoms. The van der Waals surface area contributed by atoms with E-state index in [1.165, 1.54) is 17.6 Å². The molecule has 0 saturated carbocycles. The topological polar surface area (TPSA) is 67.3 Å². The summed E-state index contributed by atoms with van der Waals surface area (Å²) in [5.74, 6) is 0.0557. The maximum atomic E-state index is 11.2. The molecule has 0 atom stereocenters. The molecular formula is C14H16N2O3S2. The fourth-order valence-corrected chi connectivity index (χ4v) is 3.26. The largest absolute Gasteiger partial charge is 0.350 e. The van der Waals surface area contributed by atoms with Crippen molar-refractivity contribution >= 4 is 32.6 Å². The maximum Gasteiger partial charge on any atom is 0.186 e. The monoisotopic (exact) mass is 324 g/mol. The van der Waals surface area contributed by atoms with Crippen LogP contribution in [0.25, 0.3) is 11.3 Å². The first-order valence-corrected chi connectivity index (χ1v) is 9.18. The van der Waals surface area contributed by atoms with Crippen LogP contribution in [0, 0.1) is 0 Å². The third-order valence-electron chi connectivity index (χ3n) is 2.92. The molecule has 0 aliphatic rings. The molecule has 2 aromatic rings. The fourth-order valence-electron chi connectivity index (χ4n) is 1.76. The number of benzene rings is 1. The van der Waals surface area contributed by atoms with E-state index in [2.05, 4.69) is 4.98 Å². The van der Waals surface area contributed by atoms with Crippen LogP contribution < -0.4 is 4.90 Å². The predicted octanol–water partition coefficient (Wildman–Crippen LogP) is 2.10. The third kappa shape index (κ3) is 4.12. The van der Waals surface area contributed by atoms with Crippen molar-refractivity contribution in [3.63, 3.8) is 0 Å². The zero-order chi connectivity index (χ0) is 15.5. The second-order valence-electron chi connectivity index (χ2n) is 4.74. The van der Waals surface area contributed by atoms with Crippen molar-refractivity contribution in [2.75, 3.05) is 30.5 Å². The molecule has 0 amide bonds. The van der Waals surface area contributed by atoms with E-state index >= 15 is 0 Å². The minimum atomic E-state index is -3.02. The molecule has 0 saturated heterocycles. The summed E-state index contributed by atoms with van der Waals surface area (Å²) < 4.78 is 22.4. The Labute approximate surface area is 128 Å². The summed E-state index contributed by atoms with van der Waals surface area (Å²) in [5.41, 5.74) is 1.51. The van der Waals surface area contributed by atoms with Gasteiger partial charge in [0.1, 0.15) is 9.84 Å². The van der Waals surface area contributed by atoms with Gasteiger partial charge in [-0.1, -0.05) is 41.7 Å². The Morgan fingerprint density at radius 1 is 1.29 bits per heavy atom. The Hall–Kier alpha value is -1.73. The van der Waals surface area contributed by atoms with E-state index in [9.17, 15) is 13.2 Å². The van der Waals surface area contributed by atoms with E-state index in [-0.39, 0.29) is 5.75 Å². The molecule has 1 aromatic heterocycles. The number of hydrogen-bond acceptors (Lipinski definition) is 6. The van der Waals surface area contributed by atoms with Crippen LogP contribution in [-0.4, -0.2) is 45.3 Å². The number of anilines is 1. The average Bonchev–Trinajstić information content (AvgIpc) is 2.89. The van der Waals surface area contributed by atoms with Gasteiger partial charge in [0.05, 0.1) is 16.3 Å². The maximum absolute atomic E-state index is 11.2. The quantitative estimate of drug-likeness (QED) is 0.761. The molecule has 0 radical (unpaired) electrons. The number of sulfone groups is 1. The Morgan fingerprint density at radius 3 is 2.52 bits per heavy atom. The van der Waals surface area contributed by atoms with Crippen molar-refractivity contribution < 1.29 is 13.2 Å². The van der Waals surface area contributed by atoms with Crippen LogP contribution in [0.2, 0.25) is 0 Å². The van der Waals surface area contributed by atoms with Crippen LogP contribution >= 0.6 is 11.3 Å².